The first-order chi connectivity index (χ1) is 13.5. The first-order valence-corrected chi connectivity index (χ1v) is 9.52. The lowest BCUT2D eigenvalue weighted by Gasteiger charge is -2.29. The number of amides is 2. The maximum Gasteiger partial charge on any atom is 0.240 e. The zero-order chi connectivity index (χ0) is 19.9. The third kappa shape index (κ3) is 4.97. The third-order valence-electron chi connectivity index (χ3n) is 4.79. The van der Waals surface area contributed by atoms with Crippen LogP contribution in [0.1, 0.15) is 30.4 Å². The van der Waals surface area contributed by atoms with E-state index in [0.29, 0.717) is 6.54 Å². The summed E-state index contributed by atoms with van der Waals surface area (Å²) in [5.41, 5.74) is 6.65. The van der Waals surface area contributed by atoms with Gasteiger partial charge in [0.2, 0.25) is 11.8 Å². The molecule has 0 radical (unpaired) electrons. The Labute approximate surface area is 165 Å². The Hall–Kier alpha value is -3.15. The quantitative estimate of drug-likeness (QED) is 0.621. The molecule has 0 fully saturated rings. The molecule has 0 aliphatic carbocycles. The van der Waals surface area contributed by atoms with Crippen molar-refractivity contribution < 1.29 is 9.59 Å². The topological polar surface area (TPSA) is 65.0 Å². The zero-order valence-electron chi connectivity index (χ0n) is 16.4. The predicted octanol–water partition coefficient (Wildman–Crippen LogP) is 2.96. The molecule has 2 aromatic rings. The molecule has 6 nitrogen and oxygen atoms in total. The number of hydrogen-bond donors (Lipinski definition) is 1. The van der Waals surface area contributed by atoms with Crippen LogP contribution in [0, 0.1) is 0 Å². The smallest absolute Gasteiger partial charge is 0.240 e. The van der Waals surface area contributed by atoms with Gasteiger partial charge in [0.1, 0.15) is 0 Å². The number of para-hydroxylation sites is 1. The molecule has 1 N–H and O–H groups in total. The molecule has 0 aromatic heterocycles. The van der Waals surface area contributed by atoms with Gasteiger partial charge in [-0.3, -0.25) is 9.59 Å². The molecule has 2 aromatic carbocycles. The van der Waals surface area contributed by atoms with Crippen molar-refractivity contribution in [1.29, 1.82) is 0 Å². The van der Waals surface area contributed by atoms with Gasteiger partial charge in [-0.25, -0.2) is 5.43 Å². The summed E-state index contributed by atoms with van der Waals surface area (Å²) in [6.07, 6.45) is 3.83. The third-order valence-corrected chi connectivity index (χ3v) is 4.79. The molecule has 2 amide bonds. The summed E-state index contributed by atoms with van der Waals surface area (Å²) in [6, 6.07) is 15.8. The van der Waals surface area contributed by atoms with Crippen molar-refractivity contribution in [2.45, 2.75) is 25.7 Å². The number of hydrogen-bond acceptors (Lipinski definition) is 4. The van der Waals surface area contributed by atoms with Crippen LogP contribution in [-0.4, -0.2) is 38.7 Å². The Bertz CT molecular complexity index is 859. The molecule has 0 bridgehead atoms. The molecular weight excluding hydrogens is 352 g/mol. The van der Waals surface area contributed by atoms with Crippen molar-refractivity contribution in [3.8, 4) is 0 Å². The van der Waals surface area contributed by atoms with E-state index in [0.717, 1.165) is 29.8 Å². The number of nitrogens with one attached hydrogen (secondary N) is 1. The second kappa shape index (κ2) is 9.17. The lowest BCUT2D eigenvalue weighted by molar-refractivity contribution is -0.125. The maximum atomic E-state index is 12.6. The van der Waals surface area contributed by atoms with Gasteiger partial charge in [0.15, 0.2) is 0 Å². The zero-order valence-corrected chi connectivity index (χ0v) is 16.4. The predicted molar refractivity (Wildman–Crippen MR) is 113 cm³/mol. The van der Waals surface area contributed by atoms with Crippen molar-refractivity contribution in [3.05, 3.63) is 59.7 Å². The fourth-order valence-corrected chi connectivity index (χ4v) is 3.24. The van der Waals surface area contributed by atoms with Gasteiger partial charge in [-0.15, -0.1) is 0 Å². The lowest BCUT2D eigenvalue weighted by atomic mass is 10.0. The summed E-state index contributed by atoms with van der Waals surface area (Å²) in [7, 11) is 3.96. The summed E-state index contributed by atoms with van der Waals surface area (Å²) < 4.78 is 0. The molecule has 1 aliphatic rings. The van der Waals surface area contributed by atoms with E-state index in [1.807, 2.05) is 61.5 Å². The van der Waals surface area contributed by atoms with Crippen LogP contribution in [0.5, 0.6) is 0 Å². The van der Waals surface area contributed by atoms with Gasteiger partial charge >= 0.3 is 0 Å². The second-order valence-corrected chi connectivity index (χ2v) is 7.06. The highest BCUT2D eigenvalue weighted by atomic mass is 16.2. The van der Waals surface area contributed by atoms with Crippen molar-refractivity contribution in [2.75, 3.05) is 30.4 Å². The number of aryl methyl sites for hydroxylation is 1. The van der Waals surface area contributed by atoms with Crippen LogP contribution in [0.2, 0.25) is 0 Å². The summed E-state index contributed by atoms with van der Waals surface area (Å²) in [5.74, 6) is -0.287. The number of carbonyl (C=O) groups is 2. The first kappa shape index (κ1) is 19.6. The minimum atomic E-state index is -0.264. The number of rotatable bonds is 6. The highest BCUT2D eigenvalue weighted by Gasteiger charge is 2.22. The monoisotopic (exact) mass is 378 g/mol. The van der Waals surface area contributed by atoms with E-state index in [1.54, 1.807) is 11.1 Å². The molecule has 3 rings (SSSR count). The average Bonchev–Trinajstić information content (AvgIpc) is 2.72. The van der Waals surface area contributed by atoms with E-state index in [4.69, 9.17) is 0 Å². The first-order valence-electron chi connectivity index (χ1n) is 9.52. The van der Waals surface area contributed by atoms with Gasteiger partial charge < -0.3 is 9.80 Å². The fraction of sp³-hybridized carbons (Fsp3) is 0.318. The van der Waals surface area contributed by atoms with Gasteiger partial charge in [0, 0.05) is 44.9 Å². The summed E-state index contributed by atoms with van der Waals surface area (Å²) in [6.45, 7) is 0.707. The lowest BCUT2D eigenvalue weighted by Crippen LogP contribution is -2.36. The Morgan fingerprint density at radius 1 is 1.11 bits per heavy atom. The van der Waals surface area contributed by atoms with E-state index in [9.17, 15) is 9.59 Å². The largest absolute Gasteiger partial charge is 0.378 e. The normalized spacial score (nSPS) is 13.3. The molecule has 0 spiro atoms. The Balaban J connectivity index is 1.47. The summed E-state index contributed by atoms with van der Waals surface area (Å²) in [4.78, 5) is 28.4. The number of carbonyl (C=O) groups excluding carboxylic acids is 2. The van der Waals surface area contributed by atoms with Crippen LogP contribution in [-0.2, 0) is 16.0 Å². The highest BCUT2D eigenvalue weighted by molar-refractivity contribution is 5.96. The number of nitrogens with zero attached hydrogens (tertiary/aromatic N) is 3. The number of fused-ring (bicyclic) bond motifs is 1. The SMILES string of the molecule is CN(C)c1ccc(/C=N/NC(=O)CCC(=O)N2CCCc3ccccc32)cc1. The van der Waals surface area contributed by atoms with Gasteiger partial charge in [0.05, 0.1) is 6.21 Å². The van der Waals surface area contributed by atoms with E-state index in [2.05, 4.69) is 16.6 Å². The van der Waals surface area contributed by atoms with Crippen LogP contribution >= 0.6 is 0 Å². The number of hydrazone groups is 1. The molecule has 1 aliphatic heterocycles. The second-order valence-electron chi connectivity index (χ2n) is 7.06. The Morgan fingerprint density at radius 2 is 1.86 bits per heavy atom. The fourth-order valence-electron chi connectivity index (χ4n) is 3.24. The van der Waals surface area contributed by atoms with Crippen molar-refractivity contribution in [2.24, 2.45) is 5.10 Å². The van der Waals surface area contributed by atoms with Crippen molar-refractivity contribution in [1.82, 2.24) is 5.43 Å². The van der Waals surface area contributed by atoms with E-state index < -0.39 is 0 Å². The van der Waals surface area contributed by atoms with Gasteiger partial charge in [-0.2, -0.15) is 5.10 Å². The standard InChI is InChI=1S/C22H26N4O2/c1-25(2)19-11-9-17(10-12-19)16-23-24-21(27)13-14-22(28)26-15-5-7-18-6-3-4-8-20(18)26/h3-4,6,8-12,16H,5,7,13-15H2,1-2H3,(H,24,27)/b23-16+. The van der Waals surface area contributed by atoms with E-state index in [-0.39, 0.29) is 24.7 Å². The highest BCUT2D eigenvalue weighted by Crippen LogP contribution is 2.27. The van der Waals surface area contributed by atoms with E-state index in [1.165, 1.54) is 5.56 Å². The molecule has 1 heterocycles. The molecule has 0 atom stereocenters. The molecule has 6 heteroatoms. The summed E-state index contributed by atoms with van der Waals surface area (Å²) in [5, 5.41) is 3.98. The molecule has 0 unspecified atom stereocenters. The minimum absolute atomic E-state index is 0.0226. The van der Waals surface area contributed by atoms with Crippen LogP contribution in [0.4, 0.5) is 11.4 Å². The van der Waals surface area contributed by atoms with Gasteiger partial charge in [-0.1, -0.05) is 30.3 Å². The minimum Gasteiger partial charge on any atom is -0.378 e. The van der Waals surface area contributed by atoms with Crippen LogP contribution in [0.25, 0.3) is 0 Å². The van der Waals surface area contributed by atoms with Crippen molar-refractivity contribution >= 4 is 29.4 Å². The maximum absolute atomic E-state index is 12.6. The molecule has 146 valence electrons. The number of anilines is 2. The molecule has 28 heavy (non-hydrogen) atoms. The van der Waals surface area contributed by atoms with Crippen LogP contribution in [0.3, 0.4) is 0 Å². The van der Waals surface area contributed by atoms with Gasteiger partial charge in [0.25, 0.3) is 0 Å². The van der Waals surface area contributed by atoms with Crippen LogP contribution < -0.4 is 15.2 Å². The molecular formula is C22H26N4O2. The summed E-state index contributed by atoms with van der Waals surface area (Å²) >= 11 is 0. The van der Waals surface area contributed by atoms with E-state index >= 15 is 0 Å². The Kier molecular flexibility index (Phi) is 6.42. The average molecular weight is 378 g/mol. The van der Waals surface area contributed by atoms with Gasteiger partial charge in [-0.05, 0) is 42.2 Å². The van der Waals surface area contributed by atoms with Crippen molar-refractivity contribution in [3.63, 3.8) is 0 Å². The molecule has 0 saturated heterocycles. The Morgan fingerprint density at radius 3 is 2.61 bits per heavy atom. The number of benzene rings is 2. The molecule has 0 saturated carbocycles. The van der Waals surface area contributed by atoms with Crippen LogP contribution in [0.15, 0.2) is 53.6 Å².